The number of hydrogen-bond donors (Lipinski definition) is 0. The third-order valence-electron chi connectivity index (χ3n) is 3.38. The number of fused-ring (bicyclic) bond motifs is 1. The summed E-state index contributed by atoms with van der Waals surface area (Å²) < 4.78 is 11.2. The van der Waals surface area contributed by atoms with Crippen LogP contribution in [0.5, 0.6) is 5.75 Å². The molecular formula is C17H20N2O3. The van der Waals surface area contributed by atoms with E-state index in [1.807, 2.05) is 51.1 Å². The summed E-state index contributed by atoms with van der Waals surface area (Å²) >= 11 is 0. The van der Waals surface area contributed by atoms with Gasteiger partial charge in [0.05, 0.1) is 18.6 Å². The smallest absolute Gasteiger partial charge is 0.410 e. The van der Waals surface area contributed by atoms with E-state index in [-0.39, 0.29) is 12.2 Å². The molecule has 2 heterocycles. The Labute approximate surface area is 129 Å². The number of pyridine rings is 1. The number of likely N-dealkylation sites (tertiary alicyclic amines) is 1. The Morgan fingerprint density at radius 3 is 2.77 bits per heavy atom. The van der Waals surface area contributed by atoms with Crippen LogP contribution >= 0.6 is 0 Å². The lowest BCUT2D eigenvalue weighted by atomic mass is 10.1. The van der Waals surface area contributed by atoms with Gasteiger partial charge in [-0.15, -0.1) is 0 Å². The molecule has 0 aliphatic carbocycles. The van der Waals surface area contributed by atoms with Crippen molar-refractivity contribution in [2.45, 2.75) is 32.5 Å². The van der Waals surface area contributed by atoms with Crippen LogP contribution in [0.4, 0.5) is 4.79 Å². The average Bonchev–Trinajstić information content (AvgIpc) is 2.40. The highest BCUT2D eigenvalue weighted by molar-refractivity contribution is 5.79. The van der Waals surface area contributed by atoms with Crippen LogP contribution in [-0.4, -0.2) is 40.8 Å². The first-order valence-electron chi connectivity index (χ1n) is 7.40. The molecule has 116 valence electrons. The molecule has 1 aliphatic rings. The van der Waals surface area contributed by atoms with Gasteiger partial charge in [-0.3, -0.25) is 4.98 Å². The van der Waals surface area contributed by atoms with E-state index in [1.54, 1.807) is 11.1 Å². The molecule has 2 aromatic rings. The van der Waals surface area contributed by atoms with Crippen LogP contribution in [0, 0.1) is 0 Å². The number of nitrogens with zero attached hydrogens (tertiary/aromatic N) is 2. The van der Waals surface area contributed by atoms with E-state index in [4.69, 9.17) is 9.47 Å². The van der Waals surface area contributed by atoms with Gasteiger partial charge in [-0.25, -0.2) is 4.79 Å². The maximum Gasteiger partial charge on any atom is 0.410 e. The van der Waals surface area contributed by atoms with Crippen LogP contribution < -0.4 is 4.74 Å². The summed E-state index contributed by atoms with van der Waals surface area (Å²) in [5, 5.41) is 1.04. The Morgan fingerprint density at radius 2 is 2.05 bits per heavy atom. The molecule has 3 rings (SSSR count). The van der Waals surface area contributed by atoms with Crippen LogP contribution in [0.25, 0.3) is 10.9 Å². The Balaban J connectivity index is 1.56. The summed E-state index contributed by atoms with van der Waals surface area (Å²) in [5.74, 6) is 0.800. The highest BCUT2D eigenvalue weighted by Gasteiger charge is 2.35. The number of benzene rings is 1. The minimum atomic E-state index is -0.464. The lowest BCUT2D eigenvalue weighted by Crippen LogP contribution is -2.57. The first kappa shape index (κ1) is 14.6. The van der Waals surface area contributed by atoms with E-state index in [0.717, 1.165) is 16.7 Å². The van der Waals surface area contributed by atoms with Crippen molar-refractivity contribution in [3.63, 3.8) is 0 Å². The Bertz CT molecular complexity index is 688. The van der Waals surface area contributed by atoms with E-state index in [0.29, 0.717) is 13.1 Å². The Morgan fingerprint density at radius 1 is 1.27 bits per heavy atom. The SMILES string of the molecule is CC(C)(C)OC(=O)N1CC(Oc2ccc3ncccc3c2)C1. The second-order valence-electron chi connectivity index (χ2n) is 6.48. The number of rotatable bonds is 2. The molecule has 0 atom stereocenters. The molecule has 0 unspecified atom stereocenters. The molecule has 0 N–H and O–H groups in total. The molecule has 0 saturated carbocycles. The van der Waals surface area contributed by atoms with E-state index < -0.39 is 5.60 Å². The fourth-order valence-electron chi connectivity index (χ4n) is 2.31. The summed E-state index contributed by atoms with van der Waals surface area (Å²) in [6.45, 7) is 6.70. The molecule has 0 radical (unpaired) electrons. The van der Waals surface area contributed by atoms with Crippen LogP contribution in [0.2, 0.25) is 0 Å². The predicted octanol–water partition coefficient (Wildman–Crippen LogP) is 3.23. The lowest BCUT2D eigenvalue weighted by molar-refractivity contribution is -0.0221. The van der Waals surface area contributed by atoms with E-state index >= 15 is 0 Å². The molecule has 1 amide bonds. The van der Waals surface area contributed by atoms with Crippen molar-refractivity contribution >= 4 is 17.0 Å². The third kappa shape index (κ3) is 3.30. The molecule has 0 bridgehead atoms. The van der Waals surface area contributed by atoms with E-state index in [1.165, 1.54) is 0 Å². The van der Waals surface area contributed by atoms with Crippen molar-refractivity contribution < 1.29 is 14.3 Å². The fourth-order valence-corrected chi connectivity index (χ4v) is 2.31. The number of amides is 1. The number of aromatic nitrogens is 1. The first-order valence-corrected chi connectivity index (χ1v) is 7.40. The summed E-state index contributed by atoms with van der Waals surface area (Å²) in [4.78, 5) is 17.8. The van der Waals surface area contributed by atoms with Crippen molar-refractivity contribution in [1.29, 1.82) is 0 Å². The highest BCUT2D eigenvalue weighted by Crippen LogP contribution is 2.23. The topological polar surface area (TPSA) is 51.7 Å². The second kappa shape index (κ2) is 5.48. The Hall–Kier alpha value is -2.30. The molecular weight excluding hydrogens is 280 g/mol. The number of hydrogen-bond acceptors (Lipinski definition) is 4. The zero-order valence-electron chi connectivity index (χ0n) is 13.1. The molecule has 1 fully saturated rings. The summed E-state index contributed by atoms with van der Waals surface area (Å²) in [7, 11) is 0. The standard InChI is InChI=1S/C17H20N2O3/c1-17(2,3)22-16(20)19-10-14(11-19)21-13-6-7-15-12(9-13)5-4-8-18-15/h4-9,14H,10-11H2,1-3H3. The zero-order chi connectivity index (χ0) is 15.7. The van der Waals surface area contributed by atoms with Crippen LogP contribution in [-0.2, 0) is 4.74 Å². The van der Waals surface area contributed by atoms with Crippen LogP contribution in [0.3, 0.4) is 0 Å². The van der Waals surface area contributed by atoms with Crippen LogP contribution in [0.15, 0.2) is 36.5 Å². The fraction of sp³-hybridized carbons (Fsp3) is 0.412. The van der Waals surface area contributed by atoms with Crippen LogP contribution in [0.1, 0.15) is 20.8 Å². The van der Waals surface area contributed by atoms with Crippen molar-refractivity contribution in [2.75, 3.05) is 13.1 Å². The normalized spacial score (nSPS) is 15.5. The van der Waals surface area contributed by atoms with Crippen molar-refractivity contribution in [3.8, 4) is 5.75 Å². The molecule has 1 aromatic heterocycles. The Kier molecular flexibility index (Phi) is 3.64. The van der Waals surface area contributed by atoms with Crippen molar-refractivity contribution in [1.82, 2.24) is 9.88 Å². The minimum absolute atomic E-state index is 0.0154. The minimum Gasteiger partial charge on any atom is -0.487 e. The summed E-state index contributed by atoms with van der Waals surface area (Å²) in [6, 6.07) is 9.72. The van der Waals surface area contributed by atoms with Gasteiger partial charge in [0.1, 0.15) is 17.5 Å². The van der Waals surface area contributed by atoms with Gasteiger partial charge in [-0.05, 0) is 45.0 Å². The van der Waals surface area contributed by atoms with Gasteiger partial charge < -0.3 is 14.4 Å². The quantitative estimate of drug-likeness (QED) is 0.854. The summed E-state index contributed by atoms with van der Waals surface area (Å²) in [6.07, 6.45) is 1.50. The van der Waals surface area contributed by atoms with Gasteiger partial charge in [0.2, 0.25) is 0 Å². The predicted molar refractivity (Wildman–Crippen MR) is 84.0 cm³/mol. The number of carbonyl (C=O) groups excluding carboxylic acids is 1. The molecule has 5 nitrogen and oxygen atoms in total. The highest BCUT2D eigenvalue weighted by atomic mass is 16.6. The van der Waals surface area contributed by atoms with Gasteiger partial charge in [-0.2, -0.15) is 0 Å². The molecule has 1 aromatic carbocycles. The van der Waals surface area contributed by atoms with E-state index in [9.17, 15) is 4.79 Å². The average molecular weight is 300 g/mol. The number of carbonyl (C=O) groups is 1. The second-order valence-corrected chi connectivity index (χ2v) is 6.48. The monoisotopic (exact) mass is 300 g/mol. The maximum atomic E-state index is 11.9. The van der Waals surface area contributed by atoms with Gasteiger partial charge in [0, 0.05) is 11.6 Å². The molecule has 22 heavy (non-hydrogen) atoms. The van der Waals surface area contributed by atoms with E-state index in [2.05, 4.69) is 4.98 Å². The lowest BCUT2D eigenvalue weighted by Gasteiger charge is -2.39. The van der Waals surface area contributed by atoms with Crippen molar-refractivity contribution in [3.05, 3.63) is 36.5 Å². The van der Waals surface area contributed by atoms with Crippen molar-refractivity contribution in [2.24, 2.45) is 0 Å². The zero-order valence-corrected chi connectivity index (χ0v) is 13.1. The molecule has 1 saturated heterocycles. The van der Waals surface area contributed by atoms with Gasteiger partial charge in [0.15, 0.2) is 0 Å². The van der Waals surface area contributed by atoms with Gasteiger partial charge >= 0.3 is 6.09 Å². The maximum absolute atomic E-state index is 11.9. The van der Waals surface area contributed by atoms with Gasteiger partial charge in [0.25, 0.3) is 0 Å². The largest absolute Gasteiger partial charge is 0.487 e. The van der Waals surface area contributed by atoms with Gasteiger partial charge in [-0.1, -0.05) is 6.07 Å². The molecule has 1 aliphatic heterocycles. The number of ether oxygens (including phenoxy) is 2. The third-order valence-corrected chi connectivity index (χ3v) is 3.38. The summed E-state index contributed by atoms with van der Waals surface area (Å²) in [5.41, 5.74) is 0.479. The molecule has 0 spiro atoms. The first-order chi connectivity index (χ1) is 10.4. The molecule has 5 heteroatoms.